The van der Waals surface area contributed by atoms with Gasteiger partial charge in [0.05, 0.1) is 11.2 Å². The molecule has 0 bridgehead atoms. The Labute approximate surface area is 185 Å². The van der Waals surface area contributed by atoms with Crippen LogP contribution in [-0.4, -0.2) is 31.7 Å². The average molecular weight is 435 g/mol. The highest BCUT2D eigenvalue weighted by molar-refractivity contribution is 6.30. The van der Waals surface area contributed by atoms with Gasteiger partial charge in [-0.05, 0) is 49.9 Å². The molecule has 4 aromatic rings. The van der Waals surface area contributed by atoms with E-state index in [1.807, 2.05) is 19.1 Å². The Balaban J connectivity index is 1.57. The second-order valence-electron chi connectivity index (χ2n) is 8.00. The smallest absolute Gasteiger partial charge is 0.256 e. The first-order chi connectivity index (χ1) is 15.0. The van der Waals surface area contributed by atoms with Crippen LogP contribution in [0.1, 0.15) is 30.5 Å². The molecule has 0 unspecified atom stereocenters. The second kappa shape index (κ2) is 7.42. The molecule has 2 N–H and O–H groups in total. The lowest BCUT2D eigenvalue weighted by molar-refractivity contribution is 0.239. The van der Waals surface area contributed by atoms with Crippen LogP contribution in [0.15, 0.2) is 54.6 Å². The number of benzene rings is 2. The molecule has 0 radical (unpaired) electrons. The molecule has 2 aromatic heterocycles. The highest BCUT2D eigenvalue weighted by Crippen LogP contribution is 2.47. The third-order valence-corrected chi connectivity index (χ3v) is 6.34. The Kier molecular flexibility index (Phi) is 4.70. The molecular formula is C23H23ClN6O. The third kappa shape index (κ3) is 3.35. The standard InChI is InChI=1S/C23H23ClN6O/c1-15-13-20(29(2)23(11-6-12-23)16-7-4-3-5-8-16)30-22(25-15)27-21(28-30)26-18-14-17(24)9-10-19(18)31/h3-5,7-10,13-14,31H,6,11-12H2,1-2H3,(H,26,28). The molecule has 1 aliphatic carbocycles. The molecule has 2 heterocycles. The van der Waals surface area contributed by atoms with Crippen LogP contribution in [0.25, 0.3) is 5.78 Å². The van der Waals surface area contributed by atoms with Crippen LogP contribution in [0.3, 0.4) is 0 Å². The summed E-state index contributed by atoms with van der Waals surface area (Å²) in [5.74, 6) is 1.82. The maximum absolute atomic E-state index is 10.1. The van der Waals surface area contributed by atoms with E-state index in [-0.39, 0.29) is 11.3 Å². The number of aromatic nitrogens is 4. The molecule has 1 saturated carbocycles. The minimum Gasteiger partial charge on any atom is -0.506 e. The summed E-state index contributed by atoms with van der Waals surface area (Å²) >= 11 is 6.06. The number of nitrogens with zero attached hydrogens (tertiary/aromatic N) is 5. The zero-order valence-corrected chi connectivity index (χ0v) is 18.1. The first-order valence-electron chi connectivity index (χ1n) is 10.3. The Bertz CT molecular complexity index is 1250. The summed E-state index contributed by atoms with van der Waals surface area (Å²) in [5, 5.41) is 18.3. The molecule has 7 nitrogen and oxygen atoms in total. The number of aryl methyl sites for hydroxylation is 1. The third-order valence-electron chi connectivity index (χ3n) is 6.10. The van der Waals surface area contributed by atoms with E-state index in [1.54, 1.807) is 16.6 Å². The summed E-state index contributed by atoms with van der Waals surface area (Å²) in [6, 6.07) is 17.4. The van der Waals surface area contributed by atoms with Gasteiger partial charge in [-0.15, -0.1) is 5.10 Å². The molecular weight excluding hydrogens is 412 g/mol. The van der Waals surface area contributed by atoms with Gasteiger partial charge < -0.3 is 15.3 Å². The maximum Gasteiger partial charge on any atom is 0.256 e. The van der Waals surface area contributed by atoms with E-state index in [2.05, 4.69) is 56.6 Å². The normalized spacial score (nSPS) is 14.9. The molecule has 0 aliphatic heterocycles. The van der Waals surface area contributed by atoms with Gasteiger partial charge in [0.15, 0.2) is 0 Å². The van der Waals surface area contributed by atoms with Gasteiger partial charge >= 0.3 is 0 Å². The highest BCUT2D eigenvalue weighted by atomic mass is 35.5. The monoisotopic (exact) mass is 434 g/mol. The van der Waals surface area contributed by atoms with Crippen LogP contribution < -0.4 is 10.2 Å². The topological polar surface area (TPSA) is 78.6 Å². The lowest BCUT2D eigenvalue weighted by atomic mass is 9.70. The number of halogens is 1. The van der Waals surface area contributed by atoms with Gasteiger partial charge in [0.25, 0.3) is 5.78 Å². The number of rotatable bonds is 5. The van der Waals surface area contributed by atoms with Gasteiger partial charge in [-0.1, -0.05) is 41.9 Å². The number of fused-ring (bicyclic) bond motifs is 1. The summed E-state index contributed by atoms with van der Waals surface area (Å²) in [6.07, 6.45) is 3.34. The number of aromatic hydroxyl groups is 1. The molecule has 0 atom stereocenters. The Morgan fingerprint density at radius 3 is 2.58 bits per heavy atom. The molecule has 2 aromatic carbocycles. The average Bonchev–Trinajstić information content (AvgIpc) is 3.12. The van der Waals surface area contributed by atoms with Crippen LogP contribution in [0, 0.1) is 6.92 Å². The van der Waals surface area contributed by atoms with Crippen molar-refractivity contribution in [2.45, 2.75) is 31.7 Å². The van der Waals surface area contributed by atoms with Crippen molar-refractivity contribution in [3.8, 4) is 5.75 Å². The maximum atomic E-state index is 10.1. The van der Waals surface area contributed by atoms with E-state index >= 15 is 0 Å². The first kappa shape index (κ1) is 19.6. The molecule has 5 rings (SSSR count). The van der Waals surface area contributed by atoms with E-state index in [0.717, 1.165) is 24.4 Å². The van der Waals surface area contributed by atoms with E-state index < -0.39 is 0 Å². The van der Waals surface area contributed by atoms with Gasteiger partial charge in [0.2, 0.25) is 5.95 Å². The number of hydrogen-bond donors (Lipinski definition) is 2. The zero-order valence-electron chi connectivity index (χ0n) is 17.4. The Hall–Kier alpha value is -3.32. The summed E-state index contributed by atoms with van der Waals surface area (Å²) in [4.78, 5) is 11.4. The van der Waals surface area contributed by atoms with E-state index in [4.69, 9.17) is 11.6 Å². The zero-order chi connectivity index (χ0) is 21.6. The van der Waals surface area contributed by atoms with Crippen LogP contribution in [0.5, 0.6) is 5.75 Å². The van der Waals surface area contributed by atoms with Gasteiger partial charge in [-0.25, -0.2) is 4.98 Å². The van der Waals surface area contributed by atoms with Crippen molar-refractivity contribution in [3.05, 3.63) is 70.9 Å². The van der Waals surface area contributed by atoms with Gasteiger partial charge in [0, 0.05) is 23.8 Å². The molecule has 31 heavy (non-hydrogen) atoms. The number of phenolic OH excluding ortho intramolecular Hbond substituents is 1. The number of hydrogen-bond acceptors (Lipinski definition) is 6. The van der Waals surface area contributed by atoms with Gasteiger partial charge in [0.1, 0.15) is 11.6 Å². The van der Waals surface area contributed by atoms with Crippen LogP contribution in [0.2, 0.25) is 5.02 Å². The van der Waals surface area contributed by atoms with E-state index in [0.29, 0.717) is 22.4 Å². The fourth-order valence-electron chi connectivity index (χ4n) is 4.29. The largest absolute Gasteiger partial charge is 0.506 e. The molecule has 158 valence electrons. The van der Waals surface area contributed by atoms with Crippen molar-refractivity contribution < 1.29 is 5.11 Å². The van der Waals surface area contributed by atoms with Crippen molar-refractivity contribution in [1.82, 2.24) is 19.6 Å². The van der Waals surface area contributed by atoms with Crippen LogP contribution in [-0.2, 0) is 5.54 Å². The molecule has 8 heteroatoms. The predicted octanol–water partition coefficient (Wildman–Crippen LogP) is 5.05. The SMILES string of the molecule is Cc1cc(N(C)C2(c3ccccc3)CCC2)n2nc(Nc3cc(Cl)ccc3O)nc2n1. The highest BCUT2D eigenvalue weighted by Gasteiger charge is 2.43. The summed E-state index contributed by atoms with van der Waals surface area (Å²) in [5.41, 5.74) is 2.53. The Morgan fingerprint density at radius 1 is 1.10 bits per heavy atom. The molecule has 0 saturated heterocycles. The summed E-state index contributed by atoms with van der Waals surface area (Å²) < 4.78 is 1.75. The minimum absolute atomic E-state index is 0.0715. The van der Waals surface area contributed by atoms with Crippen molar-refractivity contribution in [3.63, 3.8) is 0 Å². The van der Waals surface area contributed by atoms with Crippen molar-refractivity contribution in [2.24, 2.45) is 0 Å². The molecule has 1 aliphatic rings. The van der Waals surface area contributed by atoms with E-state index in [9.17, 15) is 5.11 Å². The number of phenols is 1. The second-order valence-corrected chi connectivity index (χ2v) is 8.44. The lowest BCUT2D eigenvalue weighted by Gasteiger charge is -2.50. The lowest BCUT2D eigenvalue weighted by Crippen LogP contribution is -2.50. The fourth-order valence-corrected chi connectivity index (χ4v) is 4.46. The van der Waals surface area contributed by atoms with Crippen LogP contribution in [0.4, 0.5) is 17.5 Å². The number of nitrogens with one attached hydrogen (secondary N) is 1. The summed E-state index contributed by atoms with van der Waals surface area (Å²) in [7, 11) is 2.11. The number of anilines is 3. The Morgan fingerprint density at radius 2 is 1.87 bits per heavy atom. The fraction of sp³-hybridized carbons (Fsp3) is 0.261. The van der Waals surface area contributed by atoms with Gasteiger partial charge in [-0.2, -0.15) is 9.50 Å². The molecule has 0 amide bonds. The van der Waals surface area contributed by atoms with Gasteiger partial charge in [-0.3, -0.25) is 0 Å². The molecule has 0 spiro atoms. The van der Waals surface area contributed by atoms with Crippen molar-refractivity contribution in [1.29, 1.82) is 0 Å². The molecule has 1 fully saturated rings. The minimum atomic E-state index is -0.0766. The van der Waals surface area contributed by atoms with Crippen molar-refractivity contribution in [2.75, 3.05) is 17.3 Å². The van der Waals surface area contributed by atoms with Crippen molar-refractivity contribution >= 4 is 34.8 Å². The first-order valence-corrected chi connectivity index (χ1v) is 10.6. The summed E-state index contributed by atoms with van der Waals surface area (Å²) in [6.45, 7) is 1.96. The predicted molar refractivity (Wildman–Crippen MR) is 122 cm³/mol. The quantitative estimate of drug-likeness (QED) is 0.428. The van der Waals surface area contributed by atoms with Crippen LogP contribution >= 0.6 is 11.6 Å². The van der Waals surface area contributed by atoms with E-state index in [1.165, 1.54) is 18.1 Å².